The van der Waals surface area contributed by atoms with Crippen LogP contribution in [0.4, 0.5) is 13.2 Å². The lowest BCUT2D eigenvalue weighted by Crippen LogP contribution is -2.36. The van der Waals surface area contributed by atoms with E-state index in [0.717, 1.165) is 16.3 Å². The largest absolute Gasteiger partial charge is 0.411 e. The molecule has 29 heavy (non-hydrogen) atoms. The second-order valence-electron chi connectivity index (χ2n) is 7.58. The summed E-state index contributed by atoms with van der Waals surface area (Å²) >= 11 is 1.61. The molecule has 0 radical (unpaired) electrons. The summed E-state index contributed by atoms with van der Waals surface area (Å²) in [7, 11) is 1.69. The van der Waals surface area contributed by atoms with Gasteiger partial charge in [-0.15, -0.1) is 11.3 Å². The highest BCUT2D eigenvalue weighted by Crippen LogP contribution is 2.23. The first kappa shape index (κ1) is 23.2. The number of nitrogens with one attached hydrogen (secondary N) is 2. The smallest absolute Gasteiger partial charge is 0.367 e. The number of aromatic nitrogens is 1. The molecule has 9 heteroatoms. The van der Waals surface area contributed by atoms with Crippen LogP contribution in [0.25, 0.3) is 0 Å². The third kappa shape index (κ3) is 8.41. The Morgan fingerprint density at radius 1 is 1.07 bits per heavy atom. The minimum atomic E-state index is -4.31. The van der Waals surface area contributed by atoms with Crippen LogP contribution in [-0.2, 0) is 29.8 Å². The Bertz CT molecular complexity index is 795. The first-order chi connectivity index (χ1) is 13.6. The highest BCUT2D eigenvalue weighted by atomic mass is 32.1. The Balaban J connectivity index is 1.78. The maximum Gasteiger partial charge on any atom is 0.411 e. The van der Waals surface area contributed by atoms with Crippen molar-refractivity contribution >= 4 is 17.3 Å². The van der Waals surface area contributed by atoms with Crippen molar-refractivity contribution in [1.82, 2.24) is 15.6 Å². The van der Waals surface area contributed by atoms with Crippen LogP contribution in [-0.4, -0.2) is 30.8 Å². The first-order valence-corrected chi connectivity index (χ1v) is 10.1. The Kier molecular flexibility index (Phi) is 8.04. The van der Waals surface area contributed by atoms with Gasteiger partial charge in [0.25, 0.3) is 0 Å². The fourth-order valence-electron chi connectivity index (χ4n) is 2.34. The third-order valence-electron chi connectivity index (χ3n) is 3.97. The number of thiazole rings is 1. The zero-order chi connectivity index (χ0) is 21.5. The molecule has 0 aliphatic rings. The van der Waals surface area contributed by atoms with Gasteiger partial charge in [0.15, 0.2) is 5.96 Å². The van der Waals surface area contributed by atoms with E-state index in [-0.39, 0.29) is 12.0 Å². The molecular weight excluding hydrogens is 401 g/mol. The van der Waals surface area contributed by atoms with Crippen molar-refractivity contribution in [1.29, 1.82) is 0 Å². The highest BCUT2D eigenvalue weighted by molar-refractivity contribution is 7.09. The summed E-state index contributed by atoms with van der Waals surface area (Å²) in [5, 5.41) is 9.51. The second-order valence-corrected chi connectivity index (χ2v) is 8.52. The van der Waals surface area contributed by atoms with Crippen LogP contribution in [0.2, 0.25) is 0 Å². The molecule has 0 amide bonds. The molecule has 2 rings (SSSR count). The van der Waals surface area contributed by atoms with Gasteiger partial charge in [-0.05, 0) is 11.1 Å². The molecule has 0 aliphatic carbocycles. The minimum absolute atomic E-state index is 0.0264. The molecule has 0 unspecified atom stereocenters. The highest BCUT2D eigenvalue weighted by Gasteiger charge is 2.27. The summed E-state index contributed by atoms with van der Waals surface area (Å²) in [6.07, 6.45) is -4.31. The van der Waals surface area contributed by atoms with Gasteiger partial charge in [0.05, 0.1) is 18.8 Å². The average molecular weight is 429 g/mol. The number of guanidine groups is 1. The van der Waals surface area contributed by atoms with Crippen LogP contribution < -0.4 is 10.6 Å². The molecule has 0 spiro atoms. The zero-order valence-corrected chi connectivity index (χ0v) is 17.9. The quantitative estimate of drug-likeness (QED) is 0.507. The Hall–Kier alpha value is -2.13. The number of alkyl halides is 3. The van der Waals surface area contributed by atoms with Gasteiger partial charge in [-0.25, -0.2) is 4.98 Å². The van der Waals surface area contributed by atoms with Gasteiger partial charge in [-0.3, -0.25) is 4.99 Å². The summed E-state index contributed by atoms with van der Waals surface area (Å²) in [6.45, 7) is 6.20. The normalized spacial score (nSPS) is 12.9. The van der Waals surface area contributed by atoms with E-state index in [0.29, 0.717) is 24.6 Å². The van der Waals surface area contributed by atoms with Crippen LogP contribution in [0.15, 0.2) is 34.6 Å². The van der Waals surface area contributed by atoms with Crippen molar-refractivity contribution < 1.29 is 17.9 Å². The lowest BCUT2D eigenvalue weighted by Gasteiger charge is -2.14. The van der Waals surface area contributed by atoms with Crippen molar-refractivity contribution in [3.8, 4) is 0 Å². The second kappa shape index (κ2) is 10.1. The molecule has 0 fully saturated rings. The fourth-order valence-corrected chi connectivity index (χ4v) is 3.30. The molecule has 1 aromatic heterocycles. The van der Waals surface area contributed by atoms with Gasteiger partial charge >= 0.3 is 6.18 Å². The number of rotatable bonds is 7. The van der Waals surface area contributed by atoms with E-state index in [2.05, 4.69) is 51.5 Å². The molecule has 0 bridgehead atoms. The maximum atomic E-state index is 12.1. The van der Waals surface area contributed by atoms with E-state index in [1.807, 2.05) is 12.1 Å². The Morgan fingerprint density at radius 2 is 1.69 bits per heavy atom. The number of nitrogens with zero attached hydrogens (tertiary/aromatic N) is 2. The Labute approximate surface area is 173 Å². The van der Waals surface area contributed by atoms with Gasteiger partial charge in [-0.1, -0.05) is 45.0 Å². The molecule has 0 aliphatic heterocycles. The Morgan fingerprint density at radius 3 is 2.24 bits per heavy atom. The number of hydrogen-bond donors (Lipinski definition) is 2. The SMILES string of the molecule is CN=C(NCc1ccc(COCC(F)(F)F)cc1)NCc1nc(C(C)(C)C)cs1. The van der Waals surface area contributed by atoms with E-state index in [1.54, 1.807) is 30.5 Å². The van der Waals surface area contributed by atoms with Gasteiger partial charge in [-0.2, -0.15) is 13.2 Å². The van der Waals surface area contributed by atoms with Crippen LogP contribution >= 0.6 is 11.3 Å². The number of halogens is 3. The molecule has 1 aromatic carbocycles. The van der Waals surface area contributed by atoms with E-state index in [4.69, 9.17) is 0 Å². The standard InChI is InChI=1S/C20H27F3N4OS/c1-19(2,3)16-12-29-17(27-16)10-26-18(24-4)25-9-14-5-7-15(8-6-14)11-28-13-20(21,22)23/h5-8,12H,9-11,13H2,1-4H3,(H2,24,25,26). The zero-order valence-electron chi connectivity index (χ0n) is 17.1. The van der Waals surface area contributed by atoms with E-state index in [1.165, 1.54) is 0 Å². The molecule has 1 heterocycles. The maximum absolute atomic E-state index is 12.1. The van der Waals surface area contributed by atoms with E-state index < -0.39 is 12.8 Å². The first-order valence-electron chi connectivity index (χ1n) is 9.18. The van der Waals surface area contributed by atoms with Gasteiger partial charge in [0.1, 0.15) is 11.6 Å². The van der Waals surface area contributed by atoms with Crippen molar-refractivity contribution in [3.05, 3.63) is 51.5 Å². The summed E-state index contributed by atoms with van der Waals surface area (Å²) in [4.78, 5) is 8.85. The van der Waals surface area contributed by atoms with Gasteiger partial charge in [0, 0.05) is 24.4 Å². The molecule has 0 saturated heterocycles. The fraction of sp³-hybridized carbons (Fsp3) is 0.500. The number of hydrogen-bond acceptors (Lipinski definition) is 4. The van der Waals surface area contributed by atoms with E-state index >= 15 is 0 Å². The van der Waals surface area contributed by atoms with Crippen molar-refractivity contribution in [2.75, 3.05) is 13.7 Å². The van der Waals surface area contributed by atoms with E-state index in [9.17, 15) is 13.2 Å². The van der Waals surface area contributed by atoms with Crippen molar-refractivity contribution in [2.45, 2.75) is 52.1 Å². The predicted octanol–water partition coefficient (Wildman–Crippen LogP) is 4.38. The lowest BCUT2D eigenvalue weighted by atomic mass is 9.93. The molecule has 0 saturated carbocycles. The predicted molar refractivity (Wildman–Crippen MR) is 110 cm³/mol. The average Bonchev–Trinajstić information content (AvgIpc) is 3.11. The summed E-state index contributed by atoms with van der Waals surface area (Å²) in [6, 6.07) is 7.21. The van der Waals surface area contributed by atoms with Crippen LogP contribution in [0, 0.1) is 0 Å². The molecule has 2 N–H and O–H groups in total. The summed E-state index contributed by atoms with van der Waals surface area (Å²) in [5.74, 6) is 0.648. The number of ether oxygens (including phenoxy) is 1. The van der Waals surface area contributed by atoms with Crippen molar-refractivity contribution in [2.24, 2.45) is 4.99 Å². The summed E-state index contributed by atoms with van der Waals surface area (Å²) in [5.41, 5.74) is 2.77. The van der Waals surface area contributed by atoms with Crippen molar-refractivity contribution in [3.63, 3.8) is 0 Å². The number of benzene rings is 1. The summed E-state index contributed by atoms with van der Waals surface area (Å²) < 4.78 is 41.0. The topological polar surface area (TPSA) is 58.5 Å². The van der Waals surface area contributed by atoms with Crippen LogP contribution in [0.1, 0.15) is 42.6 Å². The third-order valence-corrected chi connectivity index (χ3v) is 4.82. The minimum Gasteiger partial charge on any atom is -0.367 e. The molecular formula is C20H27F3N4OS. The number of aliphatic imine (C=N–C) groups is 1. The molecule has 160 valence electrons. The monoisotopic (exact) mass is 428 g/mol. The van der Waals surface area contributed by atoms with Gasteiger partial charge < -0.3 is 15.4 Å². The molecule has 5 nitrogen and oxygen atoms in total. The molecule has 0 atom stereocenters. The van der Waals surface area contributed by atoms with Gasteiger partial charge in [0.2, 0.25) is 0 Å². The molecule has 2 aromatic rings. The van der Waals surface area contributed by atoms with Crippen LogP contribution in [0.5, 0.6) is 0 Å². The lowest BCUT2D eigenvalue weighted by molar-refractivity contribution is -0.176. The van der Waals surface area contributed by atoms with Crippen LogP contribution in [0.3, 0.4) is 0 Å².